The SMILES string of the molecule is CC(=O)C1=C2c3ccccc3Oc3ccccc3N2CCC1. The van der Waals surface area contributed by atoms with Crippen LogP contribution in [0.1, 0.15) is 25.3 Å². The molecule has 0 amide bonds. The van der Waals surface area contributed by atoms with Gasteiger partial charge in [0.1, 0.15) is 5.75 Å². The summed E-state index contributed by atoms with van der Waals surface area (Å²) < 4.78 is 6.14. The van der Waals surface area contributed by atoms with Gasteiger partial charge in [0.25, 0.3) is 0 Å². The van der Waals surface area contributed by atoms with Gasteiger partial charge >= 0.3 is 0 Å². The lowest BCUT2D eigenvalue weighted by atomic mass is 9.94. The van der Waals surface area contributed by atoms with E-state index in [2.05, 4.69) is 11.0 Å². The minimum Gasteiger partial charge on any atom is -0.454 e. The van der Waals surface area contributed by atoms with E-state index < -0.39 is 0 Å². The quantitative estimate of drug-likeness (QED) is 0.780. The number of ketones is 1. The number of carbonyl (C=O) groups excluding carboxylic acids is 1. The highest BCUT2D eigenvalue weighted by Crippen LogP contribution is 2.46. The van der Waals surface area contributed by atoms with Crippen LogP contribution in [0, 0.1) is 0 Å². The molecule has 110 valence electrons. The van der Waals surface area contributed by atoms with Crippen LogP contribution in [-0.4, -0.2) is 12.3 Å². The lowest BCUT2D eigenvalue weighted by Crippen LogP contribution is -2.28. The number of rotatable bonds is 1. The van der Waals surface area contributed by atoms with E-state index in [1.54, 1.807) is 6.92 Å². The smallest absolute Gasteiger partial charge is 0.157 e. The van der Waals surface area contributed by atoms with E-state index in [1.165, 1.54) is 0 Å². The highest BCUT2D eigenvalue weighted by Gasteiger charge is 2.30. The Balaban J connectivity index is 2.06. The number of carbonyl (C=O) groups is 1. The van der Waals surface area contributed by atoms with Gasteiger partial charge in [-0.25, -0.2) is 0 Å². The molecule has 0 fully saturated rings. The molecular formula is C19H17NO2. The Morgan fingerprint density at radius 1 is 1.05 bits per heavy atom. The van der Waals surface area contributed by atoms with Crippen LogP contribution < -0.4 is 9.64 Å². The first-order chi connectivity index (χ1) is 10.8. The van der Waals surface area contributed by atoms with Crippen molar-refractivity contribution in [2.75, 3.05) is 11.4 Å². The van der Waals surface area contributed by atoms with E-state index in [1.807, 2.05) is 42.5 Å². The molecule has 3 nitrogen and oxygen atoms in total. The molecule has 0 bridgehead atoms. The maximum absolute atomic E-state index is 12.2. The van der Waals surface area contributed by atoms with Crippen molar-refractivity contribution in [1.82, 2.24) is 0 Å². The average Bonchev–Trinajstić information content (AvgIpc) is 2.69. The molecule has 0 N–H and O–H groups in total. The Labute approximate surface area is 129 Å². The Kier molecular flexibility index (Phi) is 3.00. The van der Waals surface area contributed by atoms with Crippen LogP contribution in [0.25, 0.3) is 5.70 Å². The Bertz CT molecular complexity index is 792. The summed E-state index contributed by atoms with van der Waals surface area (Å²) in [5, 5.41) is 0. The monoisotopic (exact) mass is 291 g/mol. The van der Waals surface area contributed by atoms with Gasteiger partial charge < -0.3 is 9.64 Å². The first kappa shape index (κ1) is 13.1. The Morgan fingerprint density at radius 3 is 2.59 bits per heavy atom. The van der Waals surface area contributed by atoms with Crippen LogP contribution in [0.5, 0.6) is 11.5 Å². The lowest BCUT2D eigenvalue weighted by molar-refractivity contribution is -0.113. The molecule has 3 heteroatoms. The molecule has 2 heterocycles. The second-order valence-electron chi connectivity index (χ2n) is 5.70. The summed E-state index contributed by atoms with van der Waals surface area (Å²) in [5.41, 5.74) is 3.95. The number of nitrogens with zero attached hydrogens (tertiary/aromatic N) is 1. The highest BCUT2D eigenvalue weighted by molar-refractivity contribution is 6.05. The zero-order valence-electron chi connectivity index (χ0n) is 12.5. The minimum absolute atomic E-state index is 0.147. The zero-order valence-corrected chi connectivity index (χ0v) is 12.5. The third-order valence-corrected chi connectivity index (χ3v) is 4.31. The molecule has 0 spiro atoms. The van der Waals surface area contributed by atoms with Crippen molar-refractivity contribution >= 4 is 17.2 Å². The van der Waals surface area contributed by atoms with E-state index in [0.717, 1.165) is 53.4 Å². The first-order valence-corrected chi connectivity index (χ1v) is 7.63. The second kappa shape index (κ2) is 5.02. The molecule has 0 saturated carbocycles. The summed E-state index contributed by atoms with van der Waals surface area (Å²) in [6, 6.07) is 16.0. The summed E-state index contributed by atoms with van der Waals surface area (Å²) in [7, 11) is 0. The van der Waals surface area contributed by atoms with Crippen LogP contribution >= 0.6 is 0 Å². The highest BCUT2D eigenvalue weighted by atomic mass is 16.5. The number of allylic oxidation sites excluding steroid dienone is 1. The Morgan fingerprint density at radius 2 is 1.77 bits per heavy atom. The van der Waals surface area contributed by atoms with Crippen molar-refractivity contribution in [3.63, 3.8) is 0 Å². The fourth-order valence-corrected chi connectivity index (χ4v) is 3.33. The van der Waals surface area contributed by atoms with Crippen molar-refractivity contribution in [2.45, 2.75) is 19.8 Å². The molecule has 4 rings (SSSR count). The van der Waals surface area contributed by atoms with Gasteiger partial charge in [0.2, 0.25) is 0 Å². The van der Waals surface area contributed by atoms with Crippen LogP contribution in [0.2, 0.25) is 0 Å². The molecule has 2 aliphatic rings. The fourth-order valence-electron chi connectivity index (χ4n) is 3.33. The molecule has 0 aliphatic carbocycles. The lowest BCUT2D eigenvalue weighted by Gasteiger charge is -2.32. The molecule has 2 aromatic rings. The number of ether oxygens (including phenoxy) is 1. The largest absolute Gasteiger partial charge is 0.454 e. The number of hydrogen-bond donors (Lipinski definition) is 0. The summed E-state index contributed by atoms with van der Waals surface area (Å²) >= 11 is 0. The van der Waals surface area contributed by atoms with Crippen LogP contribution in [0.4, 0.5) is 5.69 Å². The van der Waals surface area contributed by atoms with Crippen molar-refractivity contribution in [1.29, 1.82) is 0 Å². The van der Waals surface area contributed by atoms with Gasteiger partial charge in [-0.2, -0.15) is 0 Å². The Hall–Kier alpha value is -2.55. The summed E-state index contributed by atoms with van der Waals surface area (Å²) in [5.74, 6) is 1.80. The molecule has 0 saturated heterocycles. The first-order valence-electron chi connectivity index (χ1n) is 7.63. The number of hydrogen-bond acceptors (Lipinski definition) is 3. The third-order valence-electron chi connectivity index (χ3n) is 4.31. The van der Waals surface area contributed by atoms with Gasteiger partial charge in [-0.15, -0.1) is 0 Å². The van der Waals surface area contributed by atoms with E-state index in [4.69, 9.17) is 4.74 Å². The predicted octanol–water partition coefficient (Wildman–Crippen LogP) is 4.39. The molecule has 22 heavy (non-hydrogen) atoms. The predicted molar refractivity (Wildman–Crippen MR) is 87.1 cm³/mol. The van der Waals surface area contributed by atoms with E-state index in [0.29, 0.717) is 0 Å². The van der Waals surface area contributed by atoms with Crippen LogP contribution in [0.3, 0.4) is 0 Å². The summed E-state index contributed by atoms with van der Waals surface area (Å²) in [6.07, 6.45) is 1.81. The normalized spacial score (nSPS) is 16.1. The number of para-hydroxylation sites is 3. The van der Waals surface area contributed by atoms with Gasteiger partial charge in [0.05, 0.1) is 11.4 Å². The van der Waals surface area contributed by atoms with Gasteiger partial charge in [0.15, 0.2) is 11.5 Å². The standard InChI is InChI=1S/C19H17NO2/c1-13(21)14-8-6-12-20-16-9-3-5-11-18(16)22-17-10-4-2-7-15(17)19(14)20/h2-5,7,9-11H,6,8,12H2,1H3. The number of Topliss-reactive ketones (excluding diaryl/α,β-unsaturated/α-hetero) is 1. The summed E-state index contributed by atoms with van der Waals surface area (Å²) in [6.45, 7) is 2.56. The molecule has 0 atom stereocenters. The molecule has 2 aromatic carbocycles. The van der Waals surface area contributed by atoms with E-state index in [-0.39, 0.29) is 5.78 Å². The van der Waals surface area contributed by atoms with Crippen molar-refractivity contribution in [3.8, 4) is 11.5 Å². The molecule has 2 aliphatic heterocycles. The summed E-state index contributed by atoms with van der Waals surface area (Å²) in [4.78, 5) is 14.4. The van der Waals surface area contributed by atoms with E-state index in [9.17, 15) is 4.79 Å². The van der Waals surface area contributed by atoms with Gasteiger partial charge in [-0.05, 0) is 44.0 Å². The average molecular weight is 291 g/mol. The van der Waals surface area contributed by atoms with Crippen LogP contribution in [0.15, 0.2) is 54.1 Å². The molecule has 0 aromatic heterocycles. The van der Waals surface area contributed by atoms with Crippen molar-refractivity contribution < 1.29 is 9.53 Å². The topological polar surface area (TPSA) is 29.5 Å². The zero-order chi connectivity index (χ0) is 15.1. The molecule has 0 radical (unpaired) electrons. The molecular weight excluding hydrogens is 274 g/mol. The van der Waals surface area contributed by atoms with Crippen molar-refractivity contribution in [2.24, 2.45) is 0 Å². The maximum Gasteiger partial charge on any atom is 0.157 e. The van der Waals surface area contributed by atoms with Crippen molar-refractivity contribution in [3.05, 3.63) is 59.7 Å². The second-order valence-corrected chi connectivity index (χ2v) is 5.70. The van der Waals surface area contributed by atoms with Crippen LogP contribution in [-0.2, 0) is 4.79 Å². The fraction of sp³-hybridized carbons (Fsp3) is 0.211. The number of benzene rings is 2. The number of anilines is 1. The minimum atomic E-state index is 0.147. The van der Waals surface area contributed by atoms with Gasteiger partial charge in [0, 0.05) is 17.7 Å². The maximum atomic E-state index is 12.2. The molecule has 0 unspecified atom stereocenters. The van der Waals surface area contributed by atoms with Gasteiger partial charge in [-0.3, -0.25) is 4.79 Å². The third kappa shape index (κ3) is 1.93. The van der Waals surface area contributed by atoms with Gasteiger partial charge in [-0.1, -0.05) is 24.3 Å². The van der Waals surface area contributed by atoms with E-state index >= 15 is 0 Å². The number of fused-ring (bicyclic) bond motifs is 5.